The molecule has 0 bridgehead atoms. The van der Waals surface area contributed by atoms with Gasteiger partial charge in [0.25, 0.3) is 5.91 Å². The second-order valence-electron chi connectivity index (χ2n) is 5.01. The lowest BCUT2D eigenvalue weighted by molar-refractivity contribution is -0.116. The number of amides is 1. The number of nitriles is 1. The van der Waals surface area contributed by atoms with Crippen LogP contribution in [0.2, 0.25) is 0 Å². The summed E-state index contributed by atoms with van der Waals surface area (Å²) >= 11 is 0. The second kappa shape index (κ2) is 8.96. The summed E-state index contributed by atoms with van der Waals surface area (Å²) in [7, 11) is 0. The van der Waals surface area contributed by atoms with Crippen LogP contribution in [0.1, 0.15) is 11.1 Å². The molecule has 0 atom stereocenters. The van der Waals surface area contributed by atoms with Gasteiger partial charge in [-0.2, -0.15) is 5.26 Å². The molecule has 24 heavy (non-hydrogen) atoms. The summed E-state index contributed by atoms with van der Waals surface area (Å²) in [5, 5.41) is 11.7. The van der Waals surface area contributed by atoms with E-state index < -0.39 is 5.91 Å². The van der Waals surface area contributed by atoms with Crippen LogP contribution in [0, 0.1) is 11.3 Å². The van der Waals surface area contributed by atoms with Crippen molar-refractivity contribution < 1.29 is 9.53 Å². The molecular weight excluding hydrogens is 300 g/mol. The monoisotopic (exact) mass is 318 g/mol. The lowest BCUT2D eigenvalue weighted by atomic mass is 10.1. The molecule has 0 saturated carbocycles. The molecule has 120 valence electrons. The largest absolute Gasteiger partial charge is 0.489 e. The van der Waals surface area contributed by atoms with Gasteiger partial charge in [0.1, 0.15) is 24.0 Å². The number of ether oxygens (including phenoxy) is 1. The van der Waals surface area contributed by atoms with Gasteiger partial charge in [0.15, 0.2) is 0 Å². The highest BCUT2D eigenvalue weighted by atomic mass is 16.5. The van der Waals surface area contributed by atoms with Crippen molar-refractivity contribution in [3.63, 3.8) is 0 Å². The zero-order valence-corrected chi connectivity index (χ0v) is 13.2. The van der Waals surface area contributed by atoms with Gasteiger partial charge in [0.2, 0.25) is 0 Å². The molecule has 0 saturated heterocycles. The minimum Gasteiger partial charge on any atom is -0.489 e. The number of nitrogens with zero attached hydrogens (tertiary/aromatic N) is 1. The molecule has 2 aromatic carbocycles. The van der Waals surface area contributed by atoms with Gasteiger partial charge in [0.05, 0.1) is 0 Å². The Kier molecular flexibility index (Phi) is 6.36. The molecule has 0 aliphatic rings. The molecule has 0 unspecified atom stereocenters. The summed E-state index contributed by atoms with van der Waals surface area (Å²) in [4.78, 5) is 11.8. The lowest BCUT2D eigenvalue weighted by Gasteiger charge is -2.06. The van der Waals surface area contributed by atoms with Gasteiger partial charge in [0, 0.05) is 6.54 Å². The number of benzene rings is 2. The first-order chi connectivity index (χ1) is 11.7. The molecule has 2 rings (SSSR count). The van der Waals surface area contributed by atoms with Crippen LogP contribution in [-0.2, 0) is 11.4 Å². The highest BCUT2D eigenvalue weighted by molar-refractivity contribution is 6.01. The van der Waals surface area contributed by atoms with Crippen molar-refractivity contribution in [2.24, 2.45) is 0 Å². The van der Waals surface area contributed by atoms with Crippen LogP contribution >= 0.6 is 0 Å². The smallest absolute Gasteiger partial charge is 0.262 e. The van der Waals surface area contributed by atoms with Crippen LogP contribution in [0.15, 0.2) is 72.8 Å². The van der Waals surface area contributed by atoms with Crippen molar-refractivity contribution >= 4 is 12.0 Å². The van der Waals surface area contributed by atoms with Crippen LogP contribution in [0.3, 0.4) is 0 Å². The Hall–Kier alpha value is -3.32. The van der Waals surface area contributed by atoms with Crippen molar-refractivity contribution in [2.45, 2.75) is 6.61 Å². The van der Waals surface area contributed by atoms with E-state index in [0.29, 0.717) is 13.2 Å². The molecule has 0 radical (unpaired) electrons. The predicted octanol–water partition coefficient (Wildman–Crippen LogP) is 3.47. The average molecular weight is 318 g/mol. The van der Waals surface area contributed by atoms with Crippen molar-refractivity contribution in [3.05, 3.63) is 84.0 Å². The molecule has 0 heterocycles. The van der Waals surface area contributed by atoms with Gasteiger partial charge >= 0.3 is 0 Å². The van der Waals surface area contributed by atoms with E-state index in [0.717, 1.165) is 16.9 Å². The maximum atomic E-state index is 11.8. The van der Waals surface area contributed by atoms with Gasteiger partial charge in [-0.1, -0.05) is 48.5 Å². The Morgan fingerprint density at radius 1 is 1.17 bits per heavy atom. The molecule has 4 heteroatoms. The highest BCUT2D eigenvalue weighted by Gasteiger charge is 2.07. The Balaban J connectivity index is 2.00. The number of hydrogen-bond acceptors (Lipinski definition) is 3. The van der Waals surface area contributed by atoms with Crippen molar-refractivity contribution in [1.29, 1.82) is 5.26 Å². The quantitative estimate of drug-likeness (QED) is 0.483. The van der Waals surface area contributed by atoms with E-state index in [4.69, 9.17) is 10.00 Å². The molecule has 4 nitrogen and oxygen atoms in total. The fraction of sp³-hybridized carbons (Fsp3) is 0.100. The van der Waals surface area contributed by atoms with E-state index in [1.165, 1.54) is 0 Å². The van der Waals surface area contributed by atoms with Crippen molar-refractivity contribution in [1.82, 2.24) is 5.32 Å². The standard InChI is InChI=1S/C20H18N2O2/c1-2-12-22-20(23)18(14-21)13-16-8-10-19(11-9-16)24-15-17-6-4-3-5-7-17/h2-11,13H,1,12,15H2,(H,22,23)/b18-13-. The van der Waals surface area contributed by atoms with Gasteiger partial charge in [-0.25, -0.2) is 0 Å². The number of rotatable bonds is 7. The van der Waals surface area contributed by atoms with Crippen LogP contribution < -0.4 is 10.1 Å². The summed E-state index contributed by atoms with van der Waals surface area (Å²) in [6.07, 6.45) is 3.10. The topological polar surface area (TPSA) is 62.1 Å². The number of carbonyl (C=O) groups is 1. The SMILES string of the molecule is C=CCNC(=O)/C(C#N)=C\c1ccc(OCc2ccccc2)cc1. The van der Waals surface area contributed by atoms with E-state index in [1.54, 1.807) is 24.3 Å². The van der Waals surface area contributed by atoms with E-state index in [9.17, 15) is 4.79 Å². The van der Waals surface area contributed by atoms with Crippen molar-refractivity contribution in [2.75, 3.05) is 6.54 Å². The zero-order valence-electron chi connectivity index (χ0n) is 13.2. The third-order valence-electron chi connectivity index (χ3n) is 3.21. The lowest BCUT2D eigenvalue weighted by Crippen LogP contribution is -2.24. The normalized spacial score (nSPS) is 10.5. The van der Waals surface area contributed by atoms with Crippen LogP contribution in [0.25, 0.3) is 6.08 Å². The molecule has 0 aliphatic heterocycles. The first kappa shape index (κ1) is 17.0. The number of hydrogen-bond donors (Lipinski definition) is 1. The fourth-order valence-corrected chi connectivity index (χ4v) is 1.98. The fourth-order valence-electron chi connectivity index (χ4n) is 1.98. The molecule has 1 N–H and O–H groups in total. The summed E-state index contributed by atoms with van der Waals surface area (Å²) < 4.78 is 5.70. The highest BCUT2D eigenvalue weighted by Crippen LogP contribution is 2.16. The molecule has 0 spiro atoms. The number of nitrogens with one attached hydrogen (secondary N) is 1. The van der Waals surface area contributed by atoms with Crippen LogP contribution in [-0.4, -0.2) is 12.5 Å². The third-order valence-corrected chi connectivity index (χ3v) is 3.21. The first-order valence-electron chi connectivity index (χ1n) is 7.50. The maximum absolute atomic E-state index is 11.8. The molecule has 1 amide bonds. The third kappa shape index (κ3) is 5.15. The van der Waals surface area contributed by atoms with Gasteiger partial charge in [-0.05, 0) is 29.3 Å². The Labute approximate surface area is 141 Å². The zero-order chi connectivity index (χ0) is 17.2. The molecule has 2 aromatic rings. The Morgan fingerprint density at radius 2 is 1.88 bits per heavy atom. The predicted molar refractivity (Wildman–Crippen MR) is 94.0 cm³/mol. The average Bonchev–Trinajstić information content (AvgIpc) is 2.64. The summed E-state index contributed by atoms with van der Waals surface area (Å²) in [5.41, 5.74) is 1.90. The summed E-state index contributed by atoms with van der Waals surface area (Å²) in [6, 6.07) is 19.0. The van der Waals surface area contributed by atoms with E-state index in [-0.39, 0.29) is 5.57 Å². The minimum absolute atomic E-state index is 0.0507. The first-order valence-corrected chi connectivity index (χ1v) is 7.50. The van der Waals surface area contributed by atoms with Gasteiger partial charge in [-0.3, -0.25) is 4.79 Å². The van der Waals surface area contributed by atoms with E-state index >= 15 is 0 Å². The van der Waals surface area contributed by atoms with Crippen LogP contribution in [0.5, 0.6) is 5.75 Å². The molecular formula is C20H18N2O2. The molecule has 0 aromatic heterocycles. The molecule has 0 fully saturated rings. The Morgan fingerprint density at radius 3 is 2.50 bits per heavy atom. The summed E-state index contributed by atoms with van der Waals surface area (Å²) in [6.45, 7) is 4.33. The van der Waals surface area contributed by atoms with Crippen LogP contribution in [0.4, 0.5) is 0 Å². The van der Waals surface area contributed by atoms with E-state index in [2.05, 4.69) is 11.9 Å². The molecule has 0 aliphatic carbocycles. The van der Waals surface area contributed by atoms with Crippen molar-refractivity contribution in [3.8, 4) is 11.8 Å². The minimum atomic E-state index is -0.415. The maximum Gasteiger partial charge on any atom is 0.262 e. The van der Waals surface area contributed by atoms with Gasteiger partial charge in [-0.15, -0.1) is 6.58 Å². The number of carbonyl (C=O) groups excluding carboxylic acids is 1. The second-order valence-corrected chi connectivity index (χ2v) is 5.01. The Bertz CT molecular complexity index is 756. The van der Waals surface area contributed by atoms with Gasteiger partial charge < -0.3 is 10.1 Å². The summed E-state index contributed by atoms with van der Waals surface area (Å²) in [5.74, 6) is 0.312. The van der Waals surface area contributed by atoms with E-state index in [1.807, 2.05) is 48.5 Å².